The van der Waals surface area contributed by atoms with Crippen LogP contribution in [-0.2, 0) is 17.3 Å². The van der Waals surface area contributed by atoms with Gasteiger partial charge in [0.15, 0.2) is 0 Å². The lowest BCUT2D eigenvalue weighted by Crippen LogP contribution is -2.27. The first-order valence-corrected chi connectivity index (χ1v) is 6.16. The normalized spacial score (nSPS) is 13.5. The molecule has 1 unspecified atom stereocenters. The Morgan fingerprint density at radius 1 is 1.59 bits per heavy atom. The summed E-state index contributed by atoms with van der Waals surface area (Å²) in [5.74, 6) is -0.173. The molecule has 0 aliphatic rings. The molecule has 0 spiro atoms. The fourth-order valence-corrected chi connectivity index (χ4v) is 1.92. The second-order valence-electron chi connectivity index (χ2n) is 5.11. The summed E-state index contributed by atoms with van der Waals surface area (Å²) in [7, 11) is 1.83. The Morgan fingerprint density at radius 3 is 2.65 bits per heavy atom. The molecule has 1 atom stereocenters. The Kier molecular flexibility index (Phi) is 4.20. The number of amides is 1. The van der Waals surface area contributed by atoms with E-state index in [2.05, 4.69) is 31.2 Å². The van der Waals surface area contributed by atoms with Crippen molar-refractivity contribution in [3.8, 4) is 0 Å². The van der Waals surface area contributed by atoms with Gasteiger partial charge in [-0.2, -0.15) is 5.10 Å². The second kappa shape index (κ2) is 5.08. The molecule has 0 saturated heterocycles. The number of carbonyl (C=O) groups excluding carboxylic acids is 1. The monoisotopic (exact) mass is 257 g/mol. The SMILES string of the molecule is CCNC(=O)C(Cl)c1cn(C)nc1C(C)(C)C. The maximum Gasteiger partial charge on any atom is 0.242 e. The van der Waals surface area contributed by atoms with E-state index in [0.717, 1.165) is 11.3 Å². The van der Waals surface area contributed by atoms with Gasteiger partial charge in [-0.15, -0.1) is 11.6 Å². The van der Waals surface area contributed by atoms with Crippen LogP contribution in [0.2, 0.25) is 0 Å². The number of carbonyl (C=O) groups is 1. The van der Waals surface area contributed by atoms with Crippen LogP contribution in [0.3, 0.4) is 0 Å². The number of likely N-dealkylation sites (N-methyl/N-ethyl adjacent to an activating group) is 1. The van der Waals surface area contributed by atoms with Gasteiger partial charge in [-0.1, -0.05) is 20.8 Å². The molecule has 0 fully saturated rings. The molecule has 0 bridgehead atoms. The topological polar surface area (TPSA) is 46.9 Å². The lowest BCUT2D eigenvalue weighted by Gasteiger charge is -2.19. The molecule has 4 nitrogen and oxygen atoms in total. The Hall–Kier alpha value is -1.03. The molecule has 1 rings (SSSR count). The van der Waals surface area contributed by atoms with Gasteiger partial charge < -0.3 is 5.32 Å². The van der Waals surface area contributed by atoms with E-state index in [4.69, 9.17) is 11.6 Å². The molecule has 1 aromatic heterocycles. The van der Waals surface area contributed by atoms with Gasteiger partial charge in [-0.25, -0.2) is 0 Å². The van der Waals surface area contributed by atoms with Crippen LogP contribution >= 0.6 is 11.6 Å². The van der Waals surface area contributed by atoms with Crippen LogP contribution < -0.4 is 5.32 Å². The Bertz CT molecular complexity index is 406. The number of nitrogens with zero attached hydrogens (tertiary/aromatic N) is 2. The second-order valence-corrected chi connectivity index (χ2v) is 5.55. The first kappa shape index (κ1) is 14.0. The number of rotatable bonds is 3. The minimum Gasteiger partial charge on any atom is -0.355 e. The van der Waals surface area contributed by atoms with Gasteiger partial charge in [0.25, 0.3) is 0 Å². The van der Waals surface area contributed by atoms with Crippen molar-refractivity contribution >= 4 is 17.5 Å². The van der Waals surface area contributed by atoms with E-state index in [0.29, 0.717) is 6.54 Å². The van der Waals surface area contributed by atoms with E-state index in [-0.39, 0.29) is 11.3 Å². The fourth-order valence-electron chi connectivity index (χ4n) is 1.68. The van der Waals surface area contributed by atoms with Crippen molar-refractivity contribution in [2.45, 2.75) is 38.5 Å². The van der Waals surface area contributed by atoms with Crippen LogP contribution in [0.1, 0.15) is 44.3 Å². The molecule has 1 heterocycles. The average Bonchev–Trinajstić information content (AvgIpc) is 2.59. The molecule has 17 heavy (non-hydrogen) atoms. The minimum absolute atomic E-state index is 0.129. The van der Waals surface area contributed by atoms with E-state index in [1.165, 1.54) is 0 Å². The molecule has 1 N–H and O–H groups in total. The minimum atomic E-state index is -0.683. The van der Waals surface area contributed by atoms with E-state index < -0.39 is 5.38 Å². The highest BCUT2D eigenvalue weighted by molar-refractivity contribution is 6.30. The van der Waals surface area contributed by atoms with Gasteiger partial charge in [0.1, 0.15) is 5.38 Å². The predicted molar refractivity (Wildman–Crippen MR) is 69.2 cm³/mol. The molecule has 5 heteroatoms. The molecule has 0 radical (unpaired) electrons. The molecule has 0 aliphatic heterocycles. The zero-order chi connectivity index (χ0) is 13.2. The van der Waals surface area contributed by atoms with Crippen LogP contribution in [-0.4, -0.2) is 22.2 Å². The Labute approximate surface area is 107 Å². The number of hydrogen-bond donors (Lipinski definition) is 1. The summed E-state index contributed by atoms with van der Waals surface area (Å²) in [5, 5.41) is 6.44. The highest BCUT2D eigenvalue weighted by atomic mass is 35.5. The van der Waals surface area contributed by atoms with Crippen LogP contribution in [0.5, 0.6) is 0 Å². The molecule has 0 aromatic carbocycles. The summed E-state index contributed by atoms with van der Waals surface area (Å²) >= 11 is 6.19. The molecule has 0 saturated carbocycles. The Balaban J connectivity index is 3.09. The van der Waals surface area contributed by atoms with Crippen molar-refractivity contribution in [3.63, 3.8) is 0 Å². The van der Waals surface area contributed by atoms with Gasteiger partial charge in [-0.05, 0) is 6.92 Å². The van der Waals surface area contributed by atoms with Gasteiger partial charge in [0.05, 0.1) is 5.69 Å². The summed E-state index contributed by atoms with van der Waals surface area (Å²) in [6.07, 6.45) is 1.81. The maximum absolute atomic E-state index is 11.8. The summed E-state index contributed by atoms with van der Waals surface area (Å²) in [6.45, 7) is 8.61. The number of aryl methyl sites for hydroxylation is 1. The third kappa shape index (κ3) is 3.22. The van der Waals surface area contributed by atoms with Crippen molar-refractivity contribution < 1.29 is 4.79 Å². The van der Waals surface area contributed by atoms with Crippen molar-refractivity contribution in [1.82, 2.24) is 15.1 Å². The van der Waals surface area contributed by atoms with Crippen LogP contribution in [0, 0.1) is 0 Å². The van der Waals surface area contributed by atoms with Crippen LogP contribution in [0.4, 0.5) is 0 Å². The highest BCUT2D eigenvalue weighted by Crippen LogP contribution is 2.31. The molecule has 1 aromatic rings. The number of nitrogens with one attached hydrogen (secondary N) is 1. The lowest BCUT2D eigenvalue weighted by molar-refractivity contribution is -0.120. The lowest BCUT2D eigenvalue weighted by atomic mass is 9.88. The average molecular weight is 258 g/mol. The van der Waals surface area contributed by atoms with E-state index in [1.807, 2.05) is 20.2 Å². The van der Waals surface area contributed by atoms with E-state index in [1.54, 1.807) is 4.68 Å². The van der Waals surface area contributed by atoms with Crippen molar-refractivity contribution in [2.24, 2.45) is 7.05 Å². The largest absolute Gasteiger partial charge is 0.355 e. The van der Waals surface area contributed by atoms with Gasteiger partial charge in [0, 0.05) is 30.8 Å². The van der Waals surface area contributed by atoms with E-state index >= 15 is 0 Å². The van der Waals surface area contributed by atoms with Crippen LogP contribution in [0.25, 0.3) is 0 Å². The molecule has 96 valence electrons. The smallest absolute Gasteiger partial charge is 0.242 e. The van der Waals surface area contributed by atoms with Crippen molar-refractivity contribution in [2.75, 3.05) is 6.54 Å². The predicted octanol–water partition coefficient (Wildman–Crippen LogP) is 2.13. The molecular weight excluding hydrogens is 238 g/mol. The quantitative estimate of drug-likeness (QED) is 0.844. The number of hydrogen-bond acceptors (Lipinski definition) is 2. The van der Waals surface area contributed by atoms with Crippen LogP contribution in [0.15, 0.2) is 6.20 Å². The summed E-state index contributed by atoms with van der Waals surface area (Å²) in [6, 6.07) is 0. The zero-order valence-corrected chi connectivity index (χ0v) is 11.8. The van der Waals surface area contributed by atoms with Crippen molar-refractivity contribution in [1.29, 1.82) is 0 Å². The summed E-state index contributed by atoms with van der Waals surface area (Å²) < 4.78 is 1.70. The number of alkyl halides is 1. The first-order valence-electron chi connectivity index (χ1n) is 5.73. The molecule has 0 aliphatic carbocycles. The third-order valence-electron chi connectivity index (χ3n) is 2.42. The summed E-state index contributed by atoms with van der Waals surface area (Å²) in [4.78, 5) is 11.8. The highest BCUT2D eigenvalue weighted by Gasteiger charge is 2.28. The maximum atomic E-state index is 11.8. The number of halogens is 1. The van der Waals surface area contributed by atoms with E-state index in [9.17, 15) is 4.79 Å². The standard InChI is InChI=1S/C12H20ClN3O/c1-6-14-11(17)9(13)8-7-16(5)15-10(8)12(2,3)4/h7,9H,6H2,1-5H3,(H,14,17). The van der Waals surface area contributed by atoms with Crippen molar-refractivity contribution in [3.05, 3.63) is 17.5 Å². The third-order valence-corrected chi connectivity index (χ3v) is 2.86. The Morgan fingerprint density at radius 2 is 2.18 bits per heavy atom. The summed E-state index contributed by atoms with van der Waals surface area (Å²) in [5.41, 5.74) is 1.52. The number of aromatic nitrogens is 2. The van der Waals surface area contributed by atoms with Gasteiger partial charge in [0.2, 0.25) is 5.91 Å². The zero-order valence-electron chi connectivity index (χ0n) is 11.0. The molecule has 1 amide bonds. The first-order chi connectivity index (χ1) is 7.77. The van der Waals surface area contributed by atoms with Gasteiger partial charge >= 0.3 is 0 Å². The van der Waals surface area contributed by atoms with Gasteiger partial charge in [-0.3, -0.25) is 9.48 Å². The fraction of sp³-hybridized carbons (Fsp3) is 0.667. The molecular formula is C12H20ClN3O.